The predicted octanol–water partition coefficient (Wildman–Crippen LogP) is 3.14. The Hall–Kier alpha value is -0.940. The molecule has 0 atom stereocenters. The van der Waals surface area contributed by atoms with Crippen LogP contribution in [0.5, 0.6) is 0 Å². The number of rotatable bonds is 6. The van der Waals surface area contributed by atoms with E-state index in [1.807, 2.05) is 0 Å². The third-order valence-corrected chi connectivity index (χ3v) is 4.49. The van der Waals surface area contributed by atoms with Crippen molar-refractivity contribution in [1.29, 1.82) is 0 Å². The molecular weight excluding hydrogens is 281 g/mol. The van der Waals surface area contributed by atoms with Crippen molar-refractivity contribution in [2.75, 3.05) is 13.2 Å². The SMILES string of the molecule is CCOP(=O)(OCC)c1cccc(Cl)c1[N+](=O)[O-]. The van der Waals surface area contributed by atoms with Gasteiger partial charge in [0.2, 0.25) is 0 Å². The molecule has 0 heterocycles. The monoisotopic (exact) mass is 293 g/mol. The van der Waals surface area contributed by atoms with Crippen molar-refractivity contribution < 1.29 is 18.5 Å². The summed E-state index contributed by atoms with van der Waals surface area (Å²) in [6, 6.07) is 4.15. The van der Waals surface area contributed by atoms with E-state index in [1.54, 1.807) is 13.8 Å². The highest BCUT2D eigenvalue weighted by Gasteiger charge is 2.36. The van der Waals surface area contributed by atoms with Crippen LogP contribution in [0.25, 0.3) is 0 Å². The lowest BCUT2D eigenvalue weighted by Gasteiger charge is -2.17. The number of hydrogen-bond acceptors (Lipinski definition) is 5. The van der Waals surface area contributed by atoms with Crippen molar-refractivity contribution in [3.05, 3.63) is 33.3 Å². The van der Waals surface area contributed by atoms with Crippen LogP contribution in [0.3, 0.4) is 0 Å². The molecule has 0 N–H and O–H groups in total. The molecule has 0 aliphatic heterocycles. The molecule has 0 aliphatic carbocycles. The van der Waals surface area contributed by atoms with Gasteiger partial charge in [-0.2, -0.15) is 0 Å². The Morgan fingerprint density at radius 2 is 1.89 bits per heavy atom. The second kappa shape index (κ2) is 6.29. The van der Waals surface area contributed by atoms with Gasteiger partial charge in [-0.25, -0.2) is 0 Å². The molecular formula is C10H13ClNO5P. The molecule has 0 saturated heterocycles. The molecule has 1 rings (SSSR count). The molecule has 100 valence electrons. The summed E-state index contributed by atoms with van der Waals surface area (Å²) in [4.78, 5) is 10.3. The topological polar surface area (TPSA) is 78.7 Å². The lowest BCUT2D eigenvalue weighted by Crippen LogP contribution is -2.15. The molecule has 1 aromatic carbocycles. The Labute approximate surface area is 110 Å². The lowest BCUT2D eigenvalue weighted by atomic mass is 10.3. The molecule has 18 heavy (non-hydrogen) atoms. The zero-order valence-electron chi connectivity index (χ0n) is 9.96. The summed E-state index contributed by atoms with van der Waals surface area (Å²) in [5.41, 5.74) is -0.440. The van der Waals surface area contributed by atoms with Gasteiger partial charge in [0.05, 0.1) is 18.1 Å². The average molecular weight is 294 g/mol. The minimum atomic E-state index is -3.72. The van der Waals surface area contributed by atoms with Gasteiger partial charge >= 0.3 is 13.3 Å². The van der Waals surface area contributed by atoms with Gasteiger partial charge in [-0.05, 0) is 26.0 Å². The Balaban J connectivity index is 3.41. The van der Waals surface area contributed by atoms with Crippen molar-refractivity contribution in [1.82, 2.24) is 0 Å². The number of nitro benzene ring substituents is 1. The fourth-order valence-corrected chi connectivity index (χ4v) is 3.49. The van der Waals surface area contributed by atoms with Gasteiger partial charge in [0.25, 0.3) is 0 Å². The van der Waals surface area contributed by atoms with Gasteiger partial charge in [-0.1, -0.05) is 17.7 Å². The number of halogens is 1. The summed E-state index contributed by atoms with van der Waals surface area (Å²) in [6.45, 7) is 3.48. The Kier molecular flexibility index (Phi) is 5.28. The third-order valence-electron chi connectivity index (χ3n) is 2.04. The van der Waals surface area contributed by atoms with Gasteiger partial charge in [0.15, 0.2) is 0 Å². The lowest BCUT2D eigenvalue weighted by molar-refractivity contribution is -0.383. The van der Waals surface area contributed by atoms with Crippen molar-refractivity contribution in [3.8, 4) is 0 Å². The first-order valence-corrected chi connectivity index (χ1v) is 7.21. The number of nitro groups is 1. The van der Waals surface area contributed by atoms with E-state index in [1.165, 1.54) is 18.2 Å². The predicted molar refractivity (Wildman–Crippen MR) is 68.6 cm³/mol. The number of para-hydroxylation sites is 1. The summed E-state index contributed by atoms with van der Waals surface area (Å²) in [5, 5.41) is 10.8. The highest BCUT2D eigenvalue weighted by atomic mass is 35.5. The quantitative estimate of drug-likeness (QED) is 0.457. The first-order valence-electron chi connectivity index (χ1n) is 5.28. The molecule has 0 amide bonds. The van der Waals surface area contributed by atoms with E-state index in [-0.39, 0.29) is 23.5 Å². The minimum absolute atomic E-state index is 0.0999. The largest absolute Gasteiger partial charge is 0.368 e. The second-order valence-corrected chi connectivity index (χ2v) is 5.60. The summed E-state index contributed by atoms with van der Waals surface area (Å²) in [6.07, 6.45) is 0. The van der Waals surface area contributed by atoms with Gasteiger partial charge < -0.3 is 9.05 Å². The highest BCUT2D eigenvalue weighted by Crippen LogP contribution is 2.50. The van der Waals surface area contributed by atoms with E-state index in [4.69, 9.17) is 20.6 Å². The van der Waals surface area contributed by atoms with Gasteiger partial charge in [-0.15, -0.1) is 0 Å². The first kappa shape index (κ1) is 15.1. The van der Waals surface area contributed by atoms with Crippen LogP contribution in [0.4, 0.5) is 5.69 Å². The maximum atomic E-state index is 12.5. The molecule has 8 heteroatoms. The zero-order valence-corrected chi connectivity index (χ0v) is 11.6. The molecule has 0 fully saturated rings. The summed E-state index contributed by atoms with van der Waals surface area (Å²) in [5.74, 6) is 0. The Bertz CT molecular complexity index is 483. The van der Waals surface area contributed by atoms with Crippen molar-refractivity contribution in [2.45, 2.75) is 13.8 Å². The van der Waals surface area contributed by atoms with Crippen LogP contribution in [0.15, 0.2) is 18.2 Å². The molecule has 0 saturated carbocycles. The Morgan fingerprint density at radius 3 is 2.33 bits per heavy atom. The molecule has 0 radical (unpaired) electrons. The van der Waals surface area contributed by atoms with Crippen LogP contribution in [-0.2, 0) is 13.6 Å². The summed E-state index contributed by atoms with van der Waals surface area (Å²) >= 11 is 5.76. The van der Waals surface area contributed by atoms with Crippen molar-refractivity contribution in [3.63, 3.8) is 0 Å². The van der Waals surface area contributed by atoms with E-state index in [0.29, 0.717) is 0 Å². The van der Waals surface area contributed by atoms with Gasteiger partial charge in [0.1, 0.15) is 10.3 Å². The van der Waals surface area contributed by atoms with E-state index in [0.717, 1.165) is 0 Å². The van der Waals surface area contributed by atoms with E-state index >= 15 is 0 Å². The van der Waals surface area contributed by atoms with Crippen LogP contribution in [0.2, 0.25) is 5.02 Å². The van der Waals surface area contributed by atoms with Crippen molar-refractivity contribution >= 4 is 30.2 Å². The number of benzene rings is 1. The molecule has 0 unspecified atom stereocenters. The number of nitrogens with zero attached hydrogens (tertiary/aromatic N) is 1. The van der Waals surface area contributed by atoms with Crippen LogP contribution in [0.1, 0.15) is 13.8 Å². The molecule has 0 spiro atoms. The van der Waals surface area contributed by atoms with Crippen LogP contribution >= 0.6 is 19.2 Å². The average Bonchev–Trinajstić information content (AvgIpc) is 2.28. The van der Waals surface area contributed by atoms with Gasteiger partial charge in [0, 0.05) is 0 Å². The molecule has 0 aromatic heterocycles. The van der Waals surface area contributed by atoms with Crippen LogP contribution in [0, 0.1) is 10.1 Å². The Morgan fingerprint density at radius 1 is 1.33 bits per heavy atom. The fraction of sp³-hybridized carbons (Fsp3) is 0.400. The van der Waals surface area contributed by atoms with Crippen LogP contribution in [-0.4, -0.2) is 18.1 Å². The minimum Gasteiger partial charge on any atom is -0.305 e. The van der Waals surface area contributed by atoms with Crippen molar-refractivity contribution in [2.24, 2.45) is 0 Å². The maximum absolute atomic E-state index is 12.5. The molecule has 1 aromatic rings. The molecule has 6 nitrogen and oxygen atoms in total. The summed E-state index contributed by atoms with van der Waals surface area (Å²) < 4.78 is 22.6. The first-order chi connectivity index (χ1) is 8.46. The second-order valence-electron chi connectivity index (χ2n) is 3.20. The molecule has 0 aliphatic rings. The standard InChI is InChI=1S/C10H13ClNO5P/c1-3-16-18(15,17-4-2)9-7-5-6-8(11)10(9)12(13)14/h5-7H,3-4H2,1-2H3. The van der Waals surface area contributed by atoms with Gasteiger partial charge in [-0.3, -0.25) is 14.7 Å². The number of hydrogen-bond donors (Lipinski definition) is 0. The van der Waals surface area contributed by atoms with E-state index < -0.39 is 18.2 Å². The summed E-state index contributed by atoms with van der Waals surface area (Å²) in [7, 11) is -3.72. The zero-order chi connectivity index (χ0) is 13.8. The van der Waals surface area contributed by atoms with Crippen LogP contribution < -0.4 is 5.30 Å². The normalized spacial score (nSPS) is 11.5. The van der Waals surface area contributed by atoms with E-state index in [2.05, 4.69) is 0 Å². The molecule has 0 bridgehead atoms. The fourth-order valence-electron chi connectivity index (χ4n) is 1.42. The third kappa shape index (κ3) is 3.09. The van der Waals surface area contributed by atoms with E-state index in [9.17, 15) is 14.7 Å². The highest BCUT2D eigenvalue weighted by molar-refractivity contribution is 7.62. The maximum Gasteiger partial charge on any atom is 0.368 e. The smallest absolute Gasteiger partial charge is 0.305 e.